The summed E-state index contributed by atoms with van der Waals surface area (Å²) in [5.74, 6) is 1.24. The summed E-state index contributed by atoms with van der Waals surface area (Å²) >= 11 is 1.86. The molecule has 1 saturated heterocycles. The van der Waals surface area contributed by atoms with Crippen molar-refractivity contribution in [1.29, 1.82) is 0 Å². The van der Waals surface area contributed by atoms with E-state index in [9.17, 15) is 9.59 Å². The quantitative estimate of drug-likeness (QED) is 0.749. The van der Waals surface area contributed by atoms with Crippen LogP contribution < -0.4 is 5.32 Å². The molecule has 1 rings (SSSR count). The molecule has 0 aliphatic carbocycles. The molecule has 0 aromatic heterocycles. The van der Waals surface area contributed by atoms with Crippen molar-refractivity contribution < 1.29 is 14.7 Å². The highest BCUT2D eigenvalue weighted by Gasteiger charge is 2.22. The summed E-state index contributed by atoms with van der Waals surface area (Å²) in [5.41, 5.74) is 0. The maximum Gasteiger partial charge on any atom is 0.305 e. The normalized spacial score (nSPS) is 19.8. The molecule has 0 aromatic rings. The average Bonchev–Trinajstić information content (AvgIpc) is 2.29. The van der Waals surface area contributed by atoms with Crippen molar-refractivity contribution >= 4 is 23.6 Å². The number of carboxylic acids is 1. The molecule has 5 nitrogen and oxygen atoms in total. The van der Waals surface area contributed by atoms with E-state index in [2.05, 4.69) is 5.32 Å². The molecule has 0 bridgehead atoms. The van der Waals surface area contributed by atoms with Gasteiger partial charge in [0.05, 0.1) is 6.42 Å². The summed E-state index contributed by atoms with van der Waals surface area (Å²) in [5, 5.41) is 12.0. The maximum atomic E-state index is 12.1. The summed E-state index contributed by atoms with van der Waals surface area (Å²) in [4.78, 5) is 24.4. The topological polar surface area (TPSA) is 69.6 Å². The number of carbonyl (C=O) groups is 2. The van der Waals surface area contributed by atoms with Crippen LogP contribution in [0.3, 0.4) is 0 Å². The van der Waals surface area contributed by atoms with Crippen LogP contribution in [0.5, 0.6) is 0 Å². The Morgan fingerprint density at radius 3 is 2.72 bits per heavy atom. The Hall–Kier alpha value is -0.750. The van der Waals surface area contributed by atoms with E-state index in [0.717, 1.165) is 18.1 Å². The van der Waals surface area contributed by atoms with Crippen molar-refractivity contribution in [2.24, 2.45) is 0 Å². The molecule has 1 fully saturated rings. The lowest BCUT2D eigenvalue weighted by atomic mass is 10.1. The van der Waals surface area contributed by atoms with Gasteiger partial charge in [-0.3, -0.25) is 9.59 Å². The first-order valence-corrected chi connectivity index (χ1v) is 7.48. The van der Waals surface area contributed by atoms with Crippen molar-refractivity contribution in [1.82, 2.24) is 10.2 Å². The van der Waals surface area contributed by atoms with Crippen molar-refractivity contribution in [3.63, 3.8) is 0 Å². The van der Waals surface area contributed by atoms with Gasteiger partial charge in [-0.1, -0.05) is 0 Å². The third-order valence-electron chi connectivity index (χ3n) is 2.93. The van der Waals surface area contributed by atoms with Crippen LogP contribution in [0.15, 0.2) is 0 Å². The minimum absolute atomic E-state index is 0.0107. The second-order valence-electron chi connectivity index (χ2n) is 4.75. The standard InChI is InChI=1S/C12H22N2O3S/c1-9(2)14(5-3-12(16)17)11(15)7-10-8-18-6-4-13-10/h9-10,13H,3-8H2,1-2H3,(H,16,17). The number of thioether (sulfide) groups is 1. The van der Waals surface area contributed by atoms with E-state index in [0.29, 0.717) is 13.0 Å². The average molecular weight is 274 g/mol. The summed E-state index contributed by atoms with van der Waals surface area (Å²) in [6, 6.07) is 0.274. The molecule has 1 atom stereocenters. The SMILES string of the molecule is CC(C)N(CCC(=O)O)C(=O)CC1CSCCN1. The number of hydrogen-bond acceptors (Lipinski definition) is 4. The van der Waals surface area contributed by atoms with Crippen molar-refractivity contribution in [2.45, 2.75) is 38.8 Å². The monoisotopic (exact) mass is 274 g/mol. The lowest BCUT2D eigenvalue weighted by molar-refractivity contribution is -0.139. The van der Waals surface area contributed by atoms with Crippen LogP contribution in [0, 0.1) is 0 Å². The van der Waals surface area contributed by atoms with Gasteiger partial charge in [0.15, 0.2) is 0 Å². The van der Waals surface area contributed by atoms with E-state index in [1.165, 1.54) is 0 Å². The second kappa shape index (κ2) is 7.63. The Bertz CT molecular complexity index is 291. The Labute approximate surface area is 112 Å². The first-order chi connectivity index (χ1) is 8.50. The van der Waals surface area contributed by atoms with Crippen molar-refractivity contribution in [3.8, 4) is 0 Å². The van der Waals surface area contributed by atoms with Gasteiger partial charge in [-0.25, -0.2) is 0 Å². The number of nitrogens with one attached hydrogen (secondary N) is 1. The fourth-order valence-electron chi connectivity index (χ4n) is 1.97. The number of hydrogen-bond donors (Lipinski definition) is 2. The predicted octanol–water partition coefficient (Wildman–Crippen LogP) is 0.793. The van der Waals surface area contributed by atoms with E-state index in [-0.39, 0.29) is 24.4 Å². The largest absolute Gasteiger partial charge is 0.481 e. The highest BCUT2D eigenvalue weighted by Crippen LogP contribution is 2.13. The molecule has 6 heteroatoms. The molecule has 0 aromatic carbocycles. The number of carbonyl (C=O) groups excluding carboxylic acids is 1. The van der Waals surface area contributed by atoms with Gasteiger partial charge in [-0.05, 0) is 13.8 Å². The van der Waals surface area contributed by atoms with Gasteiger partial charge in [0, 0.05) is 43.1 Å². The van der Waals surface area contributed by atoms with E-state index in [4.69, 9.17) is 5.11 Å². The molecular weight excluding hydrogens is 252 g/mol. The van der Waals surface area contributed by atoms with Crippen LogP contribution in [0.1, 0.15) is 26.7 Å². The van der Waals surface area contributed by atoms with E-state index < -0.39 is 5.97 Å². The van der Waals surface area contributed by atoms with Crippen LogP contribution in [0.4, 0.5) is 0 Å². The zero-order valence-electron chi connectivity index (χ0n) is 11.0. The lowest BCUT2D eigenvalue weighted by Gasteiger charge is -2.29. The van der Waals surface area contributed by atoms with Gasteiger partial charge in [0.2, 0.25) is 5.91 Å². The highest BCUT2D eigenvalue weighted by molar-refractivity contribution is 7.99. The van der Waals surface area contributed by atoms with Gasteiger partial charge in [0.25, 0.3) is 0 Å². The molecule has 18 heavy (non-hydrogen) atoms. The molecule has 1 aliphatic heterocycles. The minimum atomic E-state index is -0.861. The molecular formula is C12H22N2O3S. The smallest absolute Gasteiger partial charge is 0.305 e. The van der Waals surface area contributed by atoms with E-state index in [1.54, 1.807) is 4.90 Å². The predicted molar refractivity (Wildman–Crippen MR) is 72.8 cm³/mol. The van der Waals surface area contributed by atoms with Gasteiger partial charge < -0.3 is 15.3 Å². The number of amides is 1. The molecule has 2 N–H and O–H groups in total. The molecule has 0 radical (unpaired) electrons. The molecule has 104 valence electrons. The second-order valence-corrected chi connectivity index (χ2v) is 5.90. The van der Waals surface area contributed by atoms with Crippen molar-refractivity contribution in [2.75, 3.05) is 24.6 Å². The molecule has 0 saturated carbocycles. The van der Waals surface area contributed by atoms with E-state index in [1.807, 2.05) is 25.6 Å². The fourth-order valence-corrected chi connectivity index (χ4v) is 2.91. The summed E-state index contributed by atoms with van der Waals surface area (Å²) in [6.07, 6.45) is 0.474. The molecule has 1 unspecified atom stereocenters. The summed E-state index contributed by atoms with van der Waals surface area (Å²) in [6.45, 7) is 5.08. The first kappa shape index (κ1) is 15.3. The van der Waals surface area contributed by atoms with Crippen LogP contribution in [-0.4, -0.2) is 58.6 Å². The zero-order chi connectivity index (χ0) is 13.5. The number of rotatable bonds is 6. The number of carboxylic acid groups (broad SMARTS) is 1. The lowest BCUT2D eigenvalue weighted by Crippen LogP contribution is -2.45. The van der Waals surface area contributed by atoms with Crippen LogP contribution in [-0.2, 0) is 9.59 Å². The van der Waals surface area contributed by atoms with Gasteiger partial charge in [0.1, 0.15) is 0 Å². The molecule has 1 amide bonds. The van der Waals surface area contributed by atoms with Crippen LogP contribution in [0.25, 0.3) is 0 Å². The number of nitrogens with zero attached hydrogens (tertiary/aromatic N) is 1. The fraction of sp³-hybridized carbons (Fsp3) is 0.833. The Kier molecular flexibility index (Phi) is 6.49. The first-order valence-electron chi connectivity index (χ1n) is 6.33. The van der Waals surface area contributed by atoms with E-state index >= 15 is 0 Å². The Morgan fingerprint density at radius 1 is 1.50 bits per heavy atom. The Morgan fingerprint density at radius 2 is 2.22 bits per heavy atom. The Balaban J connectivity index is 2.45. The third kappa shape index (κ3) is 5.27. The maximum absolute atomic E-state index is 12.1. The number of aliphatic carboxylic acids is 1. The van der Waals surface area contributed by atoms with Gasteiger partial charge in [-0.15, -0.1) is 0 Å². The zero-order valence-corrected chi connectivity index (χ0v) is 11.8. The third-order valence-corrected chi connectivity index (χ3v) is 4.06. The van der Waals surface area contributed by atoms with Gasteiger partial charge >= 0.3 is 5.97 Å². The van der Waals surface area contributed by atoms with Gasteiger partial charge in [-0.2, -0.15) is 11.8 Å². The molecule has 0 spiro atoms. The van der Waals surface area contributed by atoms with Crippen LogP contribution >= 0.6 is 11.8 Å². The molecule has 1 heterocycles. The van der Waals surface area contributed by atoms with Crippen LogP contribution in [0.2, 0.25) is 0 Å². The minimum Gasteiger partial charge on any atom is -0.481 e. The summed E-state index contributed by atoms with van der Waals surface area (Å²) < 4.78 is 0. The van der Waals surface area contributed by atoms with Crippen molar-refractivity contribution in [3.05, 3.63) is 0 Å². The summed E-state index contributed by atoms with van der Waals surface area (Å²) in [7, 11) is 0. The molecule has 1 aliphatic rings. The highest BCUT2D eigenvalue weighted by atomic mass is 32.2.